The van der Waals surface area contributed by atoms with E-state index in [1.54, 1.807) is 6.20 Å². The highest BCUT2D eigenvalue weighted by Gasteiger charge is 2.21. The van der Waals surface area contributed by atoms with Crippen molar-refractivity contribution >= 4 is 22.5 Å². The summed E-state index contributed by atoms with van der Waals surface area (Å²) in [5.74, 6) is -0.0802. The molecule has 1 aromatic heterocycles. The molecule has 1 aromatic carbocycles. The molecule has 3 rings (SSSR count). The van der Waals surface area contributed by atoms with Gasteiger partial charge < -0.3 is 15.4 Å². The Labute approximate surface area is 104 Å². The highest BCUT2D eigenvalue weighted by molar-refractivity contribution is 6.02. The van der Waals surface area contributed by atoms with E-state index in [1.165, 1.54) is 0 Å². The Morgan fingerprint density at radius 3 is 3.28 bits per heavy atom. The van der Waals surface area contributed by atoms with E-state index in [2.05, 4.69) is 20.8 Å². The number of aromatic nitrogens is 2. The van der Waals surface area contributed by atoms with E-state index in [0.717, 1.165) is 16.6 Å². The van der Waals surface area contributed by atoms with Gasteiger partial charge in [0.25, 0.3) is 0 Å². The molecule has 2 aromatic rings. The first-order valence-corrected chi connectivity index (χ1v) is 5.89. The van der Waals surface area contributed by atoms with Crippen LogP contribution in [0, 0.1) is 0 Å². The molecule has 0 bridgehead atoms. The van der Waals surface area contributed by atoms with Gasteiger partial charge >= 0.3 is 0 Å². The fourth-order valence-electron chi connectivity index (χ4n) is 2.03. The molecule has 1 aliphatic rings. The van der Waals surface area contributed by atoms with Crippen molar-refractivity contribution in [3.8, 4) is 0 Å². The van der Waals surface area contributed by atoms with Gasteiger partial charge in [0.05, 0.1) is 30.6 Å². The van der Waals surface area contributed by atoms with Gasteiger partial charge in [-0.15, -0.1) is 0 Å². The van der Waals surface area contributed by atoms with Crippen molar-refractivity contribution in [2.75, 3.05) is 25.1 Å². The van der Waals surface area contributed by atoms with E-state index in [0.29, 0.717) is 19.8 Å². The number of hydrogen-bond donors (Lipinski definition) is 3. The highest BCUT2D eigenvalue weighted by atomic mass is 16.5. The lowest BCUT2D eigenvalue weighted by molar-refractivity contribution is -0.120. The smallest absolute Gasteiger partial charge is 0.243 e. The molecular formula is C12H14N4O2. The predicted octanol–water partition coefficient (Wildman–Crippen LogP) is 0.490. The van der Waals surface area contributed by atoms with Crippen LogP contribution in [-0.4, -0.2) is 41.9 Å². The summed E-state index contributed by atoms with van der Waals surface area (Å²) in [6.45, 7) is 1.77. The molecule has 0 saturated carbocycles. The van der Waals surface area contributed by atoms with Gasteiger partial charge in [0.15, 0.2) is 0 Å². The van der Waals surface area contributed by atoms with Crippen molar-refractivity contribution in [2.45, 2.75) is 6.04 Å². The minimum absolute atomic E-state index is 0.0802. The number of carbonyl (C=O) groups is 1. The first-order chi connectivity index (χ1) is 8.84. The van der Waals surface area contributed by atoms with Gasteiger partial charge in [0, 0.05) is 11.9 Å². The number of benzene rings is 1. The van der Waals surface area contributed by atoms with Crippen LogP contribution >= 0.6 is 0 Å². The zero-order valence-electron chi connectivity index (χ0n) is 9.77. The summed E-state index contributed by atoms with van der Waals surface area (Å²) in [7, 11) is 0. The third kappa shape index (κ3) is 2.07. The maximum atomic E-state index is 12.0. The van der Waals surface area contributed by atoms with Gasteiger partial charge in [-0.2, -0.15) is 5.10 Å². The lowest BCUT2D eigenvalue weighted by atomic mass is 10.2. The summed E-state index contributed by atoms with van der Waals surface area (Å²) in [5.41, 5.74) is 1.67. The molecular weight excluding hydrogens is 232 g/mol. The van der Waals surface area contributed by atoms with Gasteiger partial charge in [-0.1, -0.05) is 6.07 Å². The largest absolute Gasteiger partial charge is 0.378 e. The van der Waals surface area contributed by atoms with Crippen LogP contribution < -0.4 is 10.6 Å². The fourth-order valence-corrected chi connectivity index (χ4v) is 2.03. The third-order valence-corrected chi connectivity index (χ3v) is 2.98. The number of anilines is 1. The molecule has 0 spiro atoms. The van der Waals surface area contributed by atoms with Crippen LogP contribution in [0.25, 0.3) is 10.9 Å². The van der Waals surface area contributed by atoms with E-state index in [1.807, 2.05) is 18.2 Å². The van der Waals surface area contributed by atoms with Gasteiger partial charge in [-0.3, -0.25) is 9.89 Å². The van der Waals surface area contributed by atoms with Gasteiger partial charge in [-0.25, -0.2) is 0 Å². The molecule has 18 heavy (non-hydrogen) atoms. The number of morpholine rings is 1. The average molecular weight is 246 g/mol. The Morgan fingerprint density at radius 1 is 1.50 bits per heavy atom. The lowest BCUT2D eigenvalue weighted by Gasteiger charge is -2.23. The number of rotatable bonds is 2. The summed E-state index contributed by atoms with van der Waals surface area (Å²) in [4.78, 5) is 12.0. The molecule has 94 valence electrons. The summed E-state index contributed by atoms with van der Waals surface area (Å²) in [5, 5.41) is 13.8. The molecule has 1 atom stereocenters. The van der Waals surface area contributed by atoms with Crippen molar-refractivity contribution in [1.29, 1.82) is 0 Å². The number of aromatic amines is 1. The Morgan fingerprint density at radius 2 is 2.44 bits per heavy atom. The van der Waals surface area contributed by atoms with E-state index >= 15 is 0 Å². The second-order valence-corrected chi connectivity index (χ2v) is 4.21. The second kappa shape index (κ2) is 4.75. The first-order valence-electron chi connectivity index (χ1n) is 5.89. The quantitative estimate of drug-likeness (QED) is 0.720. The van der Waals surface area contributed by atoms with Crippen molar-refractivity contribution in [3.05, 3.63) is 24.4 Å². The van der Waals surface area contributed by atoms with E-state index in [-0.39, 0.29) is 11.9 Å². The van der Waals surface area contributed by atoms with Crippen molar-refractivity contribution in [1.82, 2.24) is 15.5 Å². The monoisotopic (exact) mass is 246 g/mol. The number of nitrogens with one attached hydrogen (secondary N) is 3. The van der Waals surface area contributed by atoms with Crippen LogP contribution in [0.1, 0.15) is 0 Å². The van der Waals surface area contributed by atoms with Crippen LogP contribution in [0.3, 0.4) is 0 Å². The molecule has 6 heteroatoms. The number of nitrogens with zero attached hydrogens (tertiary/aromatic N) is 1. The van der Waals surface area contributed by atoms with Crippen molar-refractivity contribution in [3.63, 3.8) is 0 Å². The number of carbonyl (C=O) groups excluding carboxylic acids is 1. The maximum Gasteiger partial charge on any atom is 0.243 e. The minimum Gasteiger partial charge on any atom is -0.378 e. The summed E-state index contributed by atoms with van der Waals surface area (Å²) in [6, 6.07) is 5.36. The average Bonchev–Trinajstić information content (AvgIpc) is 2.89. The minimum atomic E-state index is -0.291. The fraction of sp³-hybridized carbons (Fsp3) is 0.333. The number of ether oxygens (including phenoxy) is 1. The maximum absolute atomic E-state index is 12.0. The summed E-state index contributed by atoms with van der Waals surface area (Å²) >= 11 is 0. The first kappa shape index (κ1) is 11.2. The summed E-state index contributed by atoms with van der Waals surface area (Å²) in [6.07, 6.45) is 1.70. The molecule has 1 unspecified atom stereocenters. The lowest BCUT2D eigenvalue weighted by Crippen LogP contribution is -2.48. The molecule has 3 N–H and O–H groups in total. The number of hydrogen-bond acceptors (Lipinski definition) is 4. The molecule has 1 amide bonds. The standard InChI is InChI=1S/C12H14N4O2/c17-12(11-7-18-5-4-13-11)15-9-2-1-3-10-8(9)6-14-16-10/h1-3,6,11,13H,4-5,7H2,(H,14,16)(H,15,17). The van der Waals surface area contributed by atoms with Crippen LogP contribution in [0.5, 0.6) is 0 Å². The zero-order chi connectivity index (χ0) is 12.4. The second-order valence-electron chi connectivity index (χ2n) is 4.21. The number of amides is 1. The number of fused-ring (bicyclic) bond motifs is 1. The van der Waals surface area contributed by atoms with Crippen LogP contribution in [-0.2, 0) is 9.53 Å². The normalized spacial score (nSPS) is 19.9. The molecule has 1 saturated heterocycles. The Balaban J connectivity index is 1.79. The predicted molar refractivity (Wildman–Crippen MR) is 67.3 cm³/mol. The van der Waals surface area contributed by atoms with Crippen molar-refractivity contribution in [2.24, 2.45) is 0 Å². The van der Waals surface area contributed by atoms with Crippen LogP contribution in [0.2, 0.25) is 0 Å². The Bertz CT molecular complexity index is 560. The molecule has 2 heterocycles. The number of H-pyrrole nitrogens is 1. The summed E-state index contributed by atoms with van der Waals surface area (Å²) < 4.78 is 5.27. The third-order valence-electron chi connectivity index (χ3n) is 2.98. The highest BCUT2D eigenvalue weighted by Crippen LogP contribution is 2.21. The molecule has 1 fully saturated rings. The van der Waals surface area contributed by atoms with Crippen LogP contribution in [0.4, 0.5) is 5.69 Å². The van der Waals surface area contributed by atoms with Crippen molar-refractivity contribution < 1.29 is 9.53 Å². The Hall–Kier alpha value is -1.92. The molecule has 0 radical (unpaired) electrons. The topological polar surface area (TPSA) is 79.0 Å². The Kier molecular flexibility index (Phi) is 2.95. The molecule has 1 aliphatic heterocycles. The van der Waals surface area contributed by atoms with E-state index in [9.17, 15) is 4.79 Å². The van der Waals surface area contributed by atoms with Gasteiger partial charge in [-0.05, 0) is 12.1 Å². The van der Waals surface area contributed by atoms with Gasteiger partial charge in [0.1, 0.15) is 6.04 Å². The molecule has 6 nitrogen and oxygen atoms in total. The molecule has 0 aliphatic carbocycles. The van der Waals surface area contributed by atoms with Crippen LogP contribution in [0.15, 0.2) is 24.4 Å². The van der Waals surface area contributed by atoms with E-state index < -0.39 is 0 Å². The van der Waals surface area contributed by atoms with Gasteiger partial charge in [0.2, 0.25) is 5.91 Å². The van der Waals surface area contributed by atoms with E-state index in [4.69, 9.17) is 4.74 Å². The zero-order valence-corrected chi connectivity index (χ0v) is 9.77. The SMILES string of the molecule is O=C(Nc1cccc2[nH]ncc12)C1COCCN1.